The Balaban J connectivity index is 1.98. The fraction of sp³-hybridized carbons (Fsp3) is 0.235. The minimum Gasteiger partial charge on any atom is -0.508 e. The molecule has 2 N–H and O–H groups in total. The molecule has 2 aromatic rings. The van der Waals surface area contributed by atoms with E-state index in [0.717, 1.165) is 0 Å². The van der Waals surface area contributed by atoms with Crippen LogP contribution >= 0.6 is 23.4 Å². The maximum Gasteiger partial charge on any atom is 0.321 e. The molecule has 2 aromatic carbocycles. The van der Waals surface area contributed by atoms with Crippen LogP contribution in [0.3, 0.4) is 0 Å². The topological polar surface area (TPSA) is 60.8 Å². The van der Waals surface area contributed by atoms with E-state index in [4.69, 9.17) is 11.6 Å². The molecule has 2 atom stereocenters. The fourth-order valence-electron chi connectivity index (χ4n) is 2.77. The van der Waals surface area contributed by atoms with Crippen LogP contribution in [0.25, 0.3) is 0 Å². The minimum absolute atomic E-state index is 0.0501. The molecular weight excluding hydrogens is 353 g/mol. The lowest BCUT2D eigenvalue weighted by Gasteiger charge is -2.28. The molecule has 1 aliphatic heterocycles. The average Bonchev–Trinajstić information content (AvgIpc) is 2.95. The van der Waals surface area contributed by atoms with E-state index < -0.39 is 17.8 Å². The van der Waals surface area contributed by atoms with Gasteiger partial charge >= 0.3 is 5.97 Å². The van der Waals surface area contributed by atoms with Crippen LogP contribution < -0.4 is 0 Å². The highest BCUT2D eigenvalue weighted by Crippen LogP contribution is 2.45. The van der Waals surface area contributed by atoms with Crippen LogP contribution in [-0.2, 0) is 11.3 Å². The summed E-state index contributed by atoms with van der Waals surface area (Å²) < 4.78 is 14.1. The van der Waals surface area contributed by atoms with Crippen LogP contribution in [0.2, 0.25) is 5.02 Å². The molecule has 1 heterocycles. The van der Waals surface area contributed by atoms with E-state index in [0.29, 0.717) is 11.3 Å². The number of hydrogen-bond donors (Lipinski definition) is 2. The summed E-state index contributed by atoms with van der Waals surface area (Å²) >= 11 is 7.49. The Morgan fingerprint density at radius 1 is 1.29 bits per heavy atom. The highest BCUT2D eigenvalue weighted by molar-refractivity contribution is 7.99. The van der Waals surface area contributed by atoms with Crippen molar-refractivity contribution in [3.63, 3.8) is 0 Å². The van der Waals surface area contributed by atoms with Gasteiger partial charge in [0.05, 0.1) is 5.37 Å². The lowest BCUT2D eigenvalue weighted by molar-refractivity contribution is -0.142. The molecule has 4 nitrogen and oxygen atoms in total. The molecule has 0 amide bonds. The van der Waals surface area contributed by atoms with E-state index in [-0.39, 0.29) is 28.3 Å². The molecule has 0 spiro atoms. The maximum atomic E-state index is 14.1. The van der Waals surface area contributed by atoms with Crippen molar-refractivity contribution >= 4 is 29.3 Å². The first-order valence-electron chi connectivity index (χ1n) is 7.30. The second-order valence-corrected chi connectivity index (χ2v) is 6.99. The molecule has 0 bridgehead atoms. The largest absolute Gasteiger partial charge is 0.508 e. The van der Waals surface area contributed by atoms with Crippen LogP contribution in [0.15, 0.2) is 42.5 Å². The molecule has 1 aliphatic rings. The first-order chi connectivity index (χ1) is 11.5. The van der Waals surface area contributed by atoms with Gasteiger partial charge in [-0.1, -0.05) is 35.9 Å². The van der Waals surface area contributed by atoms with Gasteiger partial charge in [-0.2, -0.15) is 0 Å². The number of halogens is 2. The number of rotatable bonds is 4. The van der Waals surface area contributed by atoms with Crippen molar-refractivity contribution in [2.45, 2.75) is 18.0 Å². The van der Waals surface area contributed by atoms with Gasteiger partial charge in [0.25, 0.3) is 0 Å². The number of carboxylic acids is 1. The number of thioether (sulfide) groups is 1. The third kappa shape index (κ3) is 3.22. The van der Waals surface area contributed by atoms with Gasteiger partial charge in [-0.15, -0.1) is 11.8 Å². The van der Waals surface area contributed by atoms with Gasteiger partial charge in [0.2, 0.25) is 0 Å². The Hall–Kier alpha value is -1.76. The van der Waals surface area contributed by atoms with Crippen LogP contribution in [0.5, 0.6) is 5.75 Å². The van der Waals surface area contributed by atoms with Crippen LogP contribution in [0.4, 0.5) is 4.39 Å². The molecule has 3 rings (SSSR count). The second-order valence-electron chi connectivity index (χ2n) is 5.47. The van der Waals surface area contributed by atoms with E-state index in [1.54, 1.807) is 35.2 Å². The second kappa shape index (κ2) is 7.01. The minimum atomic E-state index is -0.979. The molecule has 0 radical (unpaired) electrons. The number of carboxylic acid groups (broad SMARTS) is 1. The zero-order chi connectivity index (χ0) is 17.3. The molecular formula is C17H15ClFNO3S. The molecule has 2 unspecified atom stereocenters. The highest BCUT2D eigenvalue weighted by atomic mass is 35.5. The Bertz CT molecular complexity index is 753. The van der Waals surface area contributed by atoms with E-state index in [1.165, 1.54) is 23.9 Å². The Morgan fingerprint density at radius 2 is 2.04 bits per heavy atom. The van der Waals surface area contributed by atoms with Crippen molar-refractivity contribution in [3.8, 4) is 5.75 Å². The first kappa shape index (κ1) is 17.1. The molecule has 1 saturated heterocycles. The van der Waals surface area contributed by atoms with Crippen molar-refractivity contribution in [2.75, 3.05) is 5.75 Å². The lowest BCUT2D eigenvalue weighted by Crippen LogP contribution is -2.38. The number of para-hydroxylation sites is 1. The predicted octanol–water partition coefficient (Wildman–Crippen LogP) is 3.89. The number of aliphatic carboxylic acids is 1. The van der Waals surface area contributed by atoms with Crippen molar-refractivity contribution < 1.29 is 19.4 Å². The summed E-state index contributed by atoms with van der Waals surface area (Å²) in [5.41, 5.74) is 0.868. The Morgan fingerprint density at radius 3 is 2.71 bits per heavy atom. The zero-order valence-corrected chi connectivity index (χ0v) is 14.1. The van der Waals surface area contributed by atoms with Gasteiger partial charge in [-0.3, -0.25) is 9.69 Å². The van der Waals surface area contributed by atoms with Crippen LogP contribution in [0, 0.1) is 5.82 Å². The van der Waals surface area contributed by atoms with Gasteiger partial charge in [0.1, 0.15) is 17.6 Å². The van der Waals surface area contributed by atoms with Crippen LogP contribution in [0.1, 0.15) is 16.5 Å². The number of aromatic hydroxyl groups is 1. The maximum absolute atomic E-state index is 14.1. The smallest absolute Gasteiger partial charge is 0.321 e. The van der Waals surface area contributed by atoms with Crippen LogP contribution in [-0.4, -0.2) is 32.9 Å². The van der Waals surface area contributed by atoms with Gasteiger partial charge in [0.15, 0.2) is 0 Å². The summed E-state index contributed by atoms with van der Waals surface area (Å²) in [6.45, 7) is 0.0501. The molecule has 0 aromatic heterocycles. The zero-order valence-electron chi connectivity index (χ0n) is 12.5. The average molecular weight is 368 g/mol. The lowest BCUT2D eigenvalue weighted by atomic mass is 10.1. The third-order valence-electron chi connectivity index (χ3n) is 4.00. The SMILES string of the molecule is O=C(O)C1CSC(c2ccccc2O)N1Cc1c(F)cccc1Cl. The number of benzene rings is 2. The van der Waals surface area contributed by atoms with Gasteiger partial charge in [-0.25, -0.2) is 4.39 Å². The standard InChI is InChI=1S/C17H15ClFNO3S/c18-12-5-3-6-13(19)11(12)8-20-14(17(22)23)9-24-16(20)10-4-1-2-7-15(10)21/h1-7,14,16,21H,8-9H2,(H,22,23). The monoisotopic (exact) mass is 367 g/mol. The molecule has 24 heavy (non-hydrogen) atoms. The number of phenolic OH excluding ortho intramolecular Hbond substituents is 1. The third-order valence-corrected chi connectivity index (χ3v) is 5.71. The first-order valence-corrected chi connectivity index (χ1v) is 8.72. The number of nitrogens with zero attached hydrogens (tertiary/aromatic N) is 1. The summed E-state index contributed by atoms with van der Waals surface area (Å²) in [6.07, 6.45) is 0. The predicted molar refractivity (Wildman–Crippen MR) is 91.7 cm³/mol. The fourth-order valence-corrected chi connectivity index (χ4v) is 4.49. The summed E-state index contributed by atoms with van der Waals surface area (Å²) in [5, 5.41) is 19.5. The molecule has 126 valence electrons. The van der Waals surface area contributed by atoms with Gasteiger partial charge < -0.3 is 10.2 Å². The highest BCUT2D eigenvalue weighted by Gasteiger charge is 2.40. The molecule has 1 fully saturated rings. The number of hydrogen-bond acceptors (Lipinski definition) is 4. The number of phenols is 1. The van der Waals surface area contributed by atoms with E-state index in [9.17, 15) is 19.4 Å². The number of carbonyl (C=O) groups is 1. The summed E-state index contributed by atoms with van der Waals surface area (Å²) in [4.78, 5) is 13.2. The van der Waals surface area contributed by atoms with E-state index >= 15 is 0 Å². The summed E-state index contributed by atoms with van der Waals surface area (Å²) in [7, 11) is 0. The van der Waals surface area contributed by atoms with Crippen molar-refractivity contribution in [2.24, 2.45) is 0 Å². The summed E-state index contributed by atoms with van der Waals surface area (Å²) in [5.74, 6) is -1.02. The van der Waals surface area contributed by atoms with Crippen molar-refractivity contribution in [1.29, 1.82) is 0 Å². The van der Waals surface area contributed by atoms with Gasteiger partial charge in [-0.05, 0) is 18.2 Å². The summed E-state index contributed by atoms with van der Waals surface area (Å²) in [6, 6.07) is 10.4. The van der Waals surface area contributed by atoms with Gasteiger partial charge in [0, 0.05) is 28.4 Å². The Kier molecular flexibility index (Phi) is 4.99. The molecule has 7 heteroatoms. The van der Waals surface area contributed by atoms with E-state index in [1.807, 2.05) is 0 Å². The van der Waals surface area contributed by atoms with E-state index in [2.05, 4.69) is 0 Å². The molecule has 0 aliphatic carbocycles. The normalized spacial score (nSPS) is 21.1. The quantitative estimate of drug-likeness (QED) is 0.858. The molecule has 0 saturated carbocycles. The van der Waals surface area contributed by atoms with Crippen molar-refractivity contribution in [3.05, 3.63) is 64.4 Å². The Labute approximate surface area is 147 Å². The van der Waals surface area contributed by atoms with Crippen molar-refractivity contribution in [1.82, 2.24) is 4.90 Å².